The molecule has 0 aliphatic carbocycles. The van der Waals surface area contributed by atoms with E-state index in [1.165, 1.54) is 17.8 Å². The van der Waals surface area contributed by atoms with Crippen LogP contribution in [0.15, 0.2) is 17.2 Å². The van der Waals surface area contributed by atoms with Crippen molar-refractivity contribution in [1.29, 1.82) is 0 Å². The smallest absolute Gasteiger partial charge is 0.335 e. The molecule has 6 heteroatoms. The highest BCUT2D eigenvalue weighted by atomic mass is 32.2. The Balaban J connectivity index is 2.81. The van der Waals surface area contributed by atoms with E-state index in [1.54, 1.807) is 6.07 Å². The number of amides is 1. The van der Waals surface area contributed by atoms with E-state index in [4.69, 9.17) is 5.11 Å². The fourth-order valence-electron chi connectivity index (χ4n) is 1.53. The topological polar surface area (TPSA) is 79.3 Å². The van der Waals surface area contributed by atoms with Crippen LogP contribution in [0.25, 0.3) is 0 Å². The Morgan fingerprint density at radius 3 is 2.68 bits per heavy atom. The third-order valence-corrected chi connectivity index (χ3v) is 3.24. The van der Waals surface area contributed by atoms with Crippen LogP contribution < -0.4 is 5.32 Å². The van der Waals surface area contributed by atoms with Crippen molar-refractivity contribution in [3.63, 3.8) is 0 Å². The molecule has 0 fully saturated rings. The van der Waals surface area contributed by atoms with Crippen LogP contribution in [-0.4, -0.2) is 34.3 Å². The van der Waals surface area contributed by atoms with Gasteiger partial charge in [0.15, 0.2) is 0 Å². The Labute approximate surface area is 116 Å². The van der Waals surface area contributed by atoms with Crippen LogP contribution in [0, 0.1) is 0 Å². The van der Waals surface area contributed by atoms with E-state index >= 15 is 0 Å². The summed E-state index contributed by atoms with van der Waals surface area (Å²) in [6.45, 7) is 4.45. The van der Waals surface area contributed by atoms with Crippen LogP contribution >= 0.6 is 11.8 Å². The van der Waals surface area contributed by atoms with E-state index in [-0.39, 0.29) is 17.2 Å². The number of nitrogens with zero attached hydrogens (tertiary/aromatic N) is 1. The number of carboxylic acids is 1. The van der Waals surface area contributed by atoms with E-state index in [1.807, 2.05) is 13.8 Å². The van der Waals surface area contributed by atoms with Crippen molar-refractivity contribution < 1.29 is 14.7 Å². The Kier molecular flexibility index (Phi) is 6.35. The summed E-state index contributed by atoms with van der Waals surface area (Å²) in [5.41, 5.74) is 0.970. The van der Waals surface area contributed by atoms with E-state index < -0.39 is 5.97 Å². The number of rotatable bonds is 7. The lowest BCUT2D eigenvalue weighted by Crippen LogP contribution is -2.24. The standard InChI is InChI=1S/C13H18N2O3S/c1-3-5-10-6-9(13(17)18)7-12(15-10)19-8-11(16)14-4-2/h6-7H,3-5,8H2,1-2H3,(H,14,16)(H,17,18). The number of aromatic carboxylic acids is 1. The number of hydrogen-bond acceptors (Lipinski definition) is 4. The van der Waals surface area contributed by atoms with Gasteiger partial charge in [0.1, 0.15) is 0 Å². The number of aromatic nitrogens is 1. The first-order valence-corrected chi connectivity index (χ1v) is 7.19. The van der Waals surface area contributed by atoms with Crippen molar-refractivity contribution in [2.75, 3.05) is 12.3 Å². The van der Waals surface area contributed by atoms with Gasteiger partial charge in [-0.25, -0.2) is 9.78 Å². The third-order valence-electron chi connectivity index (χ3n) is 2.33. The van der Waals surface area contributed by atoms with E-state index in [9.17, 15) is 9.59 Å². The number of carboxylic acid groups (broad SMARTS) is 1. The molecule has 1 aromatic heterocycles. The first-order valence-electron chi connectivity index (χ1n) is 6.20. The molecule has 104 valence electrons. The van der Waals surface area contributed by atoms with Gasteiger partial charge in [-0.3, -0.25) is 4.79 Å². The molecule has 1 heterocycles. The monoisotopic (exact) mass is 282 g/mol. The Morgan fingerprint density at radius 1 is 1.37 bits per heavy atom. The van der Waals surface area contributed by atoms with Crippen molar-refractivity contribution in [2.45, 2.75) is 31.7 Å². The first kappa shape index (κ1) is 15.5. The quantitative estimate of drug-likeness (QED) is 0.747. The van der Waals surface area contributed by atoms with E-state index in [2.05, 4.69) is 10.3 Å². The number of thioether (sulfide) groups is 1. The summed E-state index contributed by atoms with van der Waals surface area (Å²) in [6, 6.07) is 3.09. The van der Waals surface area contributed by atoms with Crippen molar-refractivity contribution in [3.8, 4) is 0 Å². The molecule has 1 aromatic rings. The molecule has 1 amide bonds. The number of aryl methyl sites for hydroxylation is 1. The minimum Gasteiger partial charge on any atom is -0.478 e. The third kappa shape index (κ3) is 5.30. The molecule has 5 nitrogen and oxygen atoms in total. The number of hydrogen-bond donors (Lipinski definition) is 2. The van der Waals surface area contributed by atoms with Crippen molar-refractivity contribution in [3.05, 3.63) is 23.4 Å². The predicted molar refractivity (Wildman–Crippen MR) is 74.6 cm³/mol. The van der Waals surface area contributed by atoms with Crippen molar-refractivity contribution >= 4 is 23.6 Å². The van der Waals surface area contributed by atoms with Crippen molar-refractivity contribution in [1.82, 2.24) is 10.3 Å². The summed E-state index contributed by atoms with van der Waals surface area (Å²) in [7, 11) is 0. The minimum absolute atomic E-state index is 0.0768. The number of pyridine rings is 1. The van der Waals surface area contributed by atoms with Crippen LogP contribution in [0.4, 0.5) is 0 Å². The molecule has 0 aromatic carbocycles. The van der Waals surface area contributed by atoms with Gasteiger partial charge in [0, 0.05) is 12.2 Å². The zero-order valence-electron chi connectivity index (χ0n) is 11.1. The Bertz CT molecular complexity index is 463. The van der Waals surface area contributed by atoms with Crippen molar-refractivity contribution in [2.24, 2.45) is 0 Å². The van der Waals surface area contributed by atoms with Gasteiger partial charge in [0.2, 0.25) is 5.91 Å². The molecule has 1 rings (SSSR count). The zero-order valence-corrected chi connectivity index (χ0v) is 11.9. The SMILES string of the molecule is CCCc1cc(C(=O)O)cc(SCC(=O)NCC)n1. The predicted octanol–water partition coefficient (Wildman–Crippen LogP) is 1.96. The normalized spacial score (nSPS) is 10.2. The van der Waals surface area contributed by atoms with E-state index in [0.717, 1.165) is 18.5 Å². The Hall–Kier alpha value is -1.56. The molecule has 0 bridgehead atoms. The molecule has 0 aliphatic rings. The Morgan fingerprint density at radius 2 is 2.11 bits per heavy atom. The second kappa shape index (κ2) is 7.78. The lowest BCUT2D eigenvalue weighted by molar-refractivity contribution is -0.118. The summed E-state index contributed by atoms with van der Waals surface area (Å²) in [4.78, 5) is 26.8. The highest BCUT2D eigenvalue weighted by Gasteiger charge is 2.10. The molecule has 0 aliphatic heterocycles. The van der Waals surface area contributed by atoms with Gasteiger partial charge in [0.05, 0.1) is 16.3 Å². The lowest BCUT2D eigenvalue weighted by atomic mass is 10.2. The molecule has 0 saturated heterocycles. The summed E-state index contributed by atoms with van der Waals surface area (Å²) in [6.07, 6.45) is 1.63. The van der Waals surface area contributed by atoms with Crippen LogP contribution in [-0.2, 0) is 11.2 Å². The van der Waals surface area contributed by atoms with Gasteiger partial charge in [-0.2, -0.15) is 0 Å². The fraction of sp³-hybridized carbons (Fsp3) is 0.462. The molecule has 0 unspecified atom stereocenters. The van der Waals surface area contributed by atoms with Crippen LogP contribution in [0.2, 0.25) is 0 Å². The second-order valence-electron chi connectivity index (χ2n) is 3.98. The van der Waals surface area contributed by atoms with Gasteiger partial charge < -0.3 is 10.4 Å². The molecule has 2 N–H and O–H groups in total. The minimum atomic E-state index is -0.973. The highest BCUT2D eigenvalue weighted by molar-refractivity contribution is 7.99. The number of carbonyl (C=O) groups is 2. The first-order chi connectivity index (χ1) is 9.06. The van der Waals surface area contributed by atoms with Gasteiger partial charge in [-0.15, -0.1) is 0 Å². The van der Waals surface area contributed by atoms with Gasteiger partial charge >= 0.3 is 5.97 Å². The maximum atomic E-state index is 11.4. The van der Waals surface area contributed by atoms with Crippen LogP contribution in [0.3, 0.4) is 0 Å². The fourth-order valence-corrected chi connectivity index (χ4v) is 2.30. The van der Waals surface area contributed by atoms with Crippen LogP contribution in [0.5, 0.6) is 0 Å². The van der Waals surface area contributed by atoms with Gasteiger partial charge in [-0.05, 0) is 25.5 Å². The summed E-state index contributed by atoms with van der Waals surface area (Å²) >= 11 is 1.25. The van der Waals surface area contributed by atoms with E-state index in [0.29, 0.717) is 11.6 Å². The second-order valence-corrected chi connectivity index (χ2v) is 4.98. The number of carbonyl (C=O) groups excluding carboxylic acids is 1. The largest absolute Gasteiger partial charge is 0.478 e. The summed E-state index contributed by atoms with van der Waals surface area (Å²) in [5.74, 6) is -0.804. The van der Waals surface area contributed by atoms with Gasteiger partial charge in [-0.1, -0.05) is 25.1 Å². The maximum Gasteiger partial charge on any atom is 0.335 e. The summed E-state index contributed by atoms with van der Waals surface area (Å²) < 4.78 is 0. The zero-order chi connectivity index (χ0) is 14.3. The van der Waals surface area contributed by atoms with Crippen LogP contribution in [0.1, 0.15) is 36.3 Å². The maximum absolute atomic E-state index is 11.4. The van der Waals surface area contributed by atoms with Gasteiger partial charge in [0.25, 0.3) is 0 Å². The average Bonchev–Trinajstić information content (AvgIpc) is 2.37. The summed E-state index contributed by atoms with van der Waals surface area (Å²) in [5, 5.41) is 12.3. The highest BCUT2D eigenvalue weighted by Crippen LogP contribution is 2.18. The molecular weight excluding hydrogens is 264 g/mol. The molecule has 0 spiro atoms. The molecule has 0 radical (unpaired) electrons. The number of nitrogens with one attached hydrogen (secondary N) is 1. The lowest BCUT2D eigenvalue weighted by Gasteiger charge is -2.06. The molecule has 0 saturated carbocycles. The molecule has 19 heavy (non-hydrogen) atoms. The molecule has 0 atom stereocenters. The molecular formula is C13H18N2O3S. The average molecular weight is 282 g/mol.